The van der Waals surface area contributed by atoms with Crippen LogP contribution in [0.2, 0.25) is 0 Å². The third kappa shape index (κ3) is 6.19. The van der Waals surface area contributed by atoms with Crippen molar-refractivity contribution in [1.82, 2.24) is 25.1 Å². The molecule has 2 fully saturated rings. The molecule has 2 aliphatic heterocycles. The number of hydrazine groups is 1. The Kier molecular flexibility index (Phi) is 9.22. The van der Waals surface area contributed by atoms with Gasteiger partial charge in [-0.25, -0.2) is 14.8 Å². The van der Waals surface area contributed by atoms with Gasteiger partial charge in [0.05, 0.1) is 13.1 Å². The molecule has 0 bridgehead atoms. The van der Waals surface area contributed by atoms with Gasteiger partial charge in [0.2, 0.25) is 11.8 Å². The third-order valence-corrected chi connectivity index (χ3v) is 8.64. The van der Waals surface area contributed by atoms with E-state index < -0.39 is 12.2 Å². The van der Waals surface area contributed by atoms with Crippen LogP contribution in [0, 0.1) is 5.92 Å². The first-order valence-electron chi connectivity index (χ1n) is 14.9. The summed E-state index contributed by atoms with van der Waals surface area (Å²) in [6.07, 6.45) is 0.882. The highest BCUT2D eigenvalue weighted by Gasteiger charge is 2.51. The molecule has 8 nitrogen and oxygen atoms in total. The molecule has 1 N–H and O–H groups in total. The Morgan fingerprint density at radius 2 is 1.48 bits per heavy atom. The zero-order chi connectivity index (χ0) is 29.6. The van der Waals surface area contributed by atoms with Crippen LogP contribution in [0.25, 0.3) is 0 Å². The number of likely N-dealkylation sites (N-methyl/N-ethyl adjacent to an activating group) is 1. The van der Waals surface area contributed by atoms with Crippen LogP contribution in [0.4, 0.5) is 4.79 Å². The van der Waals surface area contributed by atoms with Crippen LogP contribution in [0.3, 0.4) is 0 Å². The van der Waals surface area contributed by atoms with Gasteiger partial charge in [0.15, 0.2) is 0 Å². The predicted molar refractivity (Wildman–Crippen MR) is 163 cm³/mol. The van der Waals surface area contributed by atoms with Crippen molar-refractivity contribution in [3.8, 4) is 0 Å². The van der Waals surface area contributed by atoms with Crippen molar-refractivity contribution >= 4 is 17.8 Å². The summed E-state index contributed by atoms with van der Waals surface area (Å²) in [4.78, 5) is 44.7. The smallest absolute Gasteiger partial charge is 0.334 e. The molecule has 0 aromatic heterocycles. The number of nitrogens with one attached hydrogen (secondary N) is 1. The summed E-state index contributed by atoms with van der Waals surface area (Å²) >= 11 is 0. The highest BCUT2D eigenvalue weighted by Crippen LogP contribution is 2.33. The number of amides is 4. The van der Waals surface area contributed by atoms with Crippen LogP contribution in [0.5, 0.6) is 0 Å². The zero-order valence-electron chi connectivity index (χ0n) is 24.7. The quantitative estimate of drug-likeness (QED) is 0.407. The molecule has 2 saturated heterocycles. The summed E-state index contributed by atoms with van der Waals surface area (Å²) in [7, 11) is 1.76. The van der Waals surface area contributed by atoms with Crippen molar-refractivity contribution in [1.29, 1.82) is 0 Å². The number of benzene rings is 3. The van der Waals surface area contributed by atoms with Gasteiger partial charge < -0.3 is 15.1 Å². The number of fused-ring (bicyclic) bond motifs is 1. The Morgan fingerprint density at radius 1 is 0.905 bits per heavy atom. The van der Waals surface area contributed by atoms with E-state index in [-0.39, 0.29) is 42.8 Å². The minimum atomic E-state index is -0.619. The number of piperazine rings is 1. The molecule has 0 saturated carbocycles. The van der Waals surface area contributed by atoms with Crippen molar-refractivity contribution in [2.75, 3.05) is 26.7 Å². The lowest BCUT2D eigenvalue weighted by molar-refractivity contribution is -0.190. The first-order chi connectivity index (χ1) is 20.4. The van der Waals surface area contributed by atoms with Crippen LogP contribution in [-0.4, -0.2) is 76.6 Å². The molecule has 0 radical (unpaired) electrons. The largest absolute Gasteiger partial charge is 0.337 e. The van der Waals surface area contributed by atoms with Crippen molar-refractivity contribution < 1.29 is 14.4 Å². The van der Waals surface area contributed by atoms with Crippen LogP contribution < -0.4 is 5.32 Å². The molecule has 3 aromatic rings. The summed E-state index contributed by atoms with van der Waals surface area (Å²) < 4.78 is 0. The Hall–Kier alpha value is -4.17. The van der Waals surface area contributed by atoms with Gasteiger partial charge in [0, 0.05) is 26.1 Å². The van der Waals surface area contributed by atoms with Gasteiger partial charge in [0.25, 0.3) is 0 Å². The first-order valence-corrected chi connectivity index (χ1v) is 14.9. The fourth-order valence-electron chi connectivity index (χ4n) is 6.23. The molecule has 3 atom stereocenters. The van der Waals surface area contributed by atoms with Gasteiger partial charge in [-0.05, 0) is 29.0 Å². The maximum Gasteiger partial charge on any atom is 0.334 e. The number of rotatable bonds is 9. The maximum atomic E-state index is 14.1. The molecular formula is C34H41N5O3. The maximum absolute atomic E-state index is 14.1. The average molecular weight is 568 g/mol. The average Bonchev–Trinajstić information content (AvgIpc) is 3.02. The minimum absolute atomic E-state index is 0.0389. The van der Waals surface area contributed by atoms with E-state index >= 15 is 0 Å². The number of carbonyl (C=O) groups excluding carboxylic acids is 3. The highest BCUT2D eigenvalue weighted by molar-refractivity contribution is 5.91. The van der Waals surface area contributed by atoms with Gasteiger partial charge in [-0.2, -0.15) is 0 Å². The summed E-state index contributed by atoms with van der Waals surface area (Å²) in [6, 6.07) is 29.6. The van der Waals surface area contributed by atoms with Gasteiger partial charge in [-0.3, -0.25) is 9.59 Å². The third-order valence-electron chi connectivity index (χ3n) is 8.64. The van der Waals surface area contributed by atoms with Gasteiger partial charge in [0.1, 0.15) is 12.2 Å². The molecule has 5 rings (SSSR count). The predicted octanol–water partition coefficient (Wildman–Crippen LogP) is 4.69. The molecule has 2 aliphatic rings. The van der Waals surface area contributed by atoms with Crippen molar-refractivity contribution in [3.05, 3.63) is 108 Å². The normalized spacial score (nSPS) is 20.0. The van der Waals surface area contributed by atoms with Crippen LogP contribution in [0.15, 0.2) is 91.0 Å². The van der Waals surface area contributed by atoms with Gasteiger partial charge in [-0.1, -0.05) is 111 Å². The van der Waals surface area contributed by atoms with Crippen LogP contribution in [-0.2, 0) is 16.1 Å². The lowest BCUT2D eigenvalue weighted by Crippen LogP contribution is -2.76. The molecule has 42 heavy (non-hydrogen) atoms. The number of hydrogen-bond acceptors (Lipinski definition) is 4. The number of nitrogens with zero attached hydrogens (tertiary/aromatic N) is 4. The topological polar surface area (TPSA) is 76.2 Å². The second kappa shape index (κ2) is 13.2. The molecule has 2 heterocycles. The van der Waals surface area contributed by atoms with E-state index in [1.807, 2.05) is 85.5 Å². The molecule has 4 amide bonds. The van der Waals surface area contributed by atoms with Crippen LogP contribution >= 0.6 is 0 Å². The standard InChI is InChI=1S/C34H41N5O3/c1-4-25(2)32-33(41)37(21-20-29(27-16-10-6-11-17-27)28-18-12-7-13-19-28)23-30-38(32)31(40)24-36(3)39(30)34(42)35-22-26-14-8-5-9-15-26/h5-19,25,29-30,32H,4,20-24H2,1-3H3,(H,35,42)/t25?,30-,32-/m0/s1. The van der Waals surface area contributed by atoms with E-state index in [9.17, 15) is 14.4 Å². The lowest BCUT2D eigenvalue weighted by Gasteiger charge is -2.55. The van der Waals surface area contributed by atoms with E-state index in [0.717, 1.165) is 18.4 Å². The molecule has 1 unspecified atom stereocenters. The number of hydrogen-bond donors (Lipinski definition) is 1. The Labute approximate surface area is 248 Å². The number of urea groups is 1. The highest BCUT2D eigenvalue weighted by atomic mass is 16.2. The summed E-state index contributed by atoms with van der Waals surface area (Å²) in [5.74, 6) is -0.105. The lowest BCUT2D eigenvalue weighted by atomic mass is 9.87. The fraction of sp³-hybridized carbons (Fsp3) is 0.382. The van der Waals surface area contributed by atoms with E-state index in [2.05, 4.69) is 29.6 Å². The first kappa shape index (κ1) is 29.3. The molecule has 0 spiro atoms. The zero-order valence-corrected chi connectivity index (χ0v) is 24.7. The number of carbonyl (C=O) groups is 3. The SMILES string of the molecule is CCC(C)[C@H]1C(=O)N(CCC(c2ccccc2)c2ccccc2)C[C@H]2N1C(=O)CN(C)N2C(=O)NCc1ccccc1. The monoisotopic (exact) mass is 567 g/mol. The van der Waals surface area contributed by atoms with E-state index in [4.69, 9.17) is 0 Å². The second-order valence-corrected chi connectivity index (χ2v) is 11.4. The molecule has 3 aromatic carbocycles. The molecular weight excluding hydrogens is 526 g/mol. The molecule has 0 aliphatic carbocycles. The van der Waals surface area contributed by atoms with E-state index in [0.29, 0.717) is 13.1 Å². The van der Waals surface area contributed by atoms with Crippen molar-refractivity contribution in [2.45, 2.75) is 51.4 Å². The van der Waals surface area contributed by atoms with Gasteiger partial charge in [-0.15, -0.1) is 0 Å². The summed E-state index contributed by atoms with van der Waals surface area (Å²) in [6.45, 7) is 5.25. The van der Waals surface area contributed by atoms with Gasteiger partial charge >= 0.3 is 6.03 Å². The van der Waals surface area contributed by atoms with Crippen molar-refractivity contribution in [3.63, 3.8) is 0 Å². The van der Waals surface area contributed by atoms with Crippen molar-refractivity contribution in [2.24, 2.45) is 5.92 Å². The Bertz CT molecular complexity index is 1310. The Morgan fingerprint density at radius 3 is 2.05 bits per heavy atom. The van der Waals surface area contributed by atoms with Crippen LogP contribution in [0.1, 0.15) is 49.3 Å². The summed E-state index contributed by atoms with van der Waals surface area (Å²) in [5, 5.41) is 6.34. The second-order valence-electron chi connectivity index (χ2n) is 11.4. The molecule has 8 heteroatoms. The molecule has 220 valence electrons. The van der Waals surface area contributed by atoms with E-state index in [1.165, 1.54) is 11.1 Å². The fourth-order valence-corrected chi connectivity index (χ4v) is 6.23. The summed E-state index contributed by atoms with van der Waals surface area (Å²) in [5.41, 5.74) is 3.38. The van der Waals surface area contributed by atoms with E-state index in [1.54, 1.807) is 22.0 Å². The minimum Gasteiger partial charge on any atom is -0.337 e. The Balaban J connectivity index is 1.41.